The third-order valence-electron chi connectivity index (χ3n) is 4.53. The van der Waals surface area contributed by atoms with Crippen molar-refractivity contribution >= 4 is 11.8 Å². The molecule has 0 aromatic carbocycles. The first-order valence-electron chi connectivity index (χ1n) is 7.42. The van der Waals surface area contributed by atoms with Crippen molar-refractivity contribution in [2.24, 2.45) is 0 Å². The van der Waals surface area contributed by atoms with Crippen LogP contribution in [0.4, 0.5) is 0 Å². The predicted octanol–water partition coefficient (Wildman–Crippen LogP) is 1.71. The van der Waals surface area contributed by atoms with Crippen molar-refractivity contribution in [2.75, 3.05) is 13.7 Å². The third kappa shape index (κ3) is 2.68. The summed E-state index contributed by atoms with van der Waals surface area (Å²) < 4.78 is 5.10. The average molecular weight is 284 g/mol. The van der Waals surface area contributed by atoms with Gasteiger partial charge >= 0.3 is 0 Å². The quantitative estimate of drug-likeness (QED) is 0.808. The van der Waals surface area contributed by atoms with E-state index in [0.717, 1.165) is 6.42 Å². The van der Waals surface area contributed by atoms with Crippen LogP contribution >= 0.6 is 0 Å². The first kappa shape index (κ1) is 17.0. The first-order chi connectivity index (χ1) is 9.26. The minimum absolute atomic E-state index is 0.0238. The zero-order valence-electron chi connectivity index (χ0n) is 13.6. The Bertz CT molecular complexity index is 375. The number of carbonyl (C=O) groups excluding carboxylic acids is 2. The molecule has 1 heterocycles. The second-order valence-electron chi connectivity index (χ2n) is 6.11. The molecule has 1 N–H and O–H groups in total. The molecular formula is C15H28N2O3. The molecule has 1 atom stereocenters. The van der Waals surface area contributed by atoms with Gasteiger partial charge in [-0.25, -0.2) is 0 Å². The number of hydrogen-bond donors (Lipinski definition) is 1. The van der Waals surface area contributed by atoms with Crippen LogP contribution in [-0.2, 0) is 14.3 Å². The number of hydrogen-bond acceptors (Lipinski definition) is 3. The van der Waals surface area contributed by atoms with Gasteiger partial charge < -0.3 is 15.0 Å². The summed E-state index contributed by atoms with van der Waals surface area (Å²) in [6.07, 6.45) is 1.94. The van der Waals surface area contributed by atoms with Crippen molar-refractivity contribution in [3.8, 4) is 0 Å². The van der Waals surface area contributed by atoms with Crippen LogP contribution in [0.3, 0.4) is 0 Å². The van der Waals surface area contributed by atoms with Gasteiger partial charge in [0.25, 0.3) is 0 Å². The topological polar surface area (TPSA) is 58.6 Å². The second kappa shape index (κ2) is 6.12. The number of nitrogens with one attached hydrogen (secondary N) is 1. The molecule has 5 heteroatoms. The summed E-state index contributed by atoms with van der Waals surface area (Å²) in [6, 6.07) is -0.0269. The van der Waals surface area contributed by atoms with Gasteiger partial charge in [-0.15, -0.1) is 0 Å². The van der Waals surface area contributed by atoms with Crippen molar-refractivity contribution in [3.63, 3.8) is 0 Å². The second-order valence-corrected chi connectivity index (χ2v) is 6.11. The van der Waals surface area contributed by atoms with E-state index in [2.05, 4.69) is 5.32 Å². The zero-order valence-corrected chi connectivity index (χ0v) is 13.6. The minimum atomic E-state index is -0.821. The number of nitrogens with zero attached hydrogens (tertiary/aromatic N) is 1. The molecule has 1 aliphatic rings. The normalized spacial score (nSPS) is 22.6. The molecule has 0 aromatic rings. The van der Waals surface area contributed by atoms with Crippen LogP contribution in [0.2, 0.25) is 0 Å². The molecule has 1 unspecified atom stereocenters. The zero-order chi connectivity index (χ0) is 15.6. The first-order valence-corrected chi connectivity index (χ1v) is 7.42. The largest absolute Gasteiger partial charge is 0.385 e. The molecule has 1 rings (SSSR count). The molecule has 0 bridgehead atoms. The standard InChI is InChI=1S/C15H28N2O3/c1-7-15(8-2)13(19)17(11(3)9-10-20-6)14(4,5)12(18)16-15/h11H,7-10H2,1-6H3,(H,16,18). The smallest absolute Gasteiger partial charge is 0.249 e. The van der Waals surface area contributed by atoms with E-state index in [-0.39, 0.29) is 17.9 Å². The third-order valence-corrected chi connectivity index (χ3v) is 4.53. The van der Waals surface area contributed by atoms with Gasteiger partial charge in [-0.2, -0.15) is 0 Å². The van der Waals surface area contributed by atoms with Crippen LogP contribution in [0.25, 0.3) is 0 Å². The highest BCUT2D eigenvalue weighted by atomic mass is 16.5. The molecule has 5 nitrogen and oxygen atoms in total. The van der Waals surface area contributed by atoms with Crippen molar-refractivity contribution in [2.45, 2.75) is 71.0 Å². The highest BCUT2D eigenvalue weighted by molar-refractivity contribution is 6.02. The van der Waals surface area contributed by atoms with Gasteiger partial charge in [0.1, 0.15) is 11.1 Å². The van der Waals surface area contributed by atoms with Crippen LogP contribution < -0.4 is 5.32 Å². The monoisotopic (exact) mass is 284 g/mol. The lowest BCUT2D eigenvalue weighted by Gasteiger charge is -2.52. The van der Waals surface area contributed by atoms with E-state index in [1.807, 2.05) is 20.8 Å². The molecule has 20 heavy (non-hydrogen) atoms. The van der Waals surface area contributed by atoms with E-state index in [0.29, 0.717) is 19.4 Å². The van der Waals surface area contributed by atoms with Gasteiger partial charge in [-0.1, -0.05) is 13.8 Å². The molecule has 0 radical (unpaired) electrons. The fourth-order valence-electron chi connectivity index (χ4n) is 2.92. The fraction of sp³-hybridized carbons (Fsp3) is 0.867. The Hall–Kier alpha value is -1.10. The molecule has 0 spiro atoms. The lowest BCUT2D eigenvalue weighted by Crippen LogP contribution is -2.75. The fourth-order valence-corrected chi connectivity index (χ4v) is 2.92. The Morgan fingerprint density at radius 3 is 2.25 bits per heavy atom. The summed E-state index contributed by atoms with van der Waals surface area (Å²) in [5.41, 5.74) is -1.58. The lowest BCUT2D eigenvalue weighted by atomic mass is 9.82. The van der Waals surface area contributed by atoms with Gasteiger partial charge in [0.2, 0.25) is 11.8 Å². The Kier molecular flexibility index (Phi) is 5.19. The van der Waals surface area contributed by atoms with Gasteiger partial charge in [-0.05, 0) is 40.0 Å². The van der Waals surface area contributed by atoms with Crippen molar-refractivity contribution < 1.29 is 14.3 Å². The summed E-state index contributed by atoms with van der Waals surface area (Å²) >= 11 is 0. The number of rotatable bonds is 6. The molecule has 1 aliphatic heterocycles. The molecule has 2 amide bonds. The van der Waals surface area contributed by atoms with Crippen LogP contribution in [0.1, 0.15) is 53.9 Å². The Morgan fingerprint density at radius 1 is 1.25 bits per heavy atom. The minimum Gasteiger partial charge on any atom is -0.385 e. The SMILES string of the molecule is CCC1(CC)NC(=O)C(C)(C)N(C(C)CCOC)C1=O. The average Bonchev–Trinajstić information content (AvgIpc) is 2.40. The molecule has 0 aliphatic carbocycles. The van der Waals surface area contributed by atoms with Gasteiger partial charge in [-0.3, -0.25) is 9.59 Å². The van der Waals surface area contributed by atoms with Gasteiger partial charge in [0.05, 0.1) is 0 Å². The van der Waals surface area contributed by atoms with Crippen molar-refractivity contribution in [3.05, 3.63) is 0 Å². The lowest BCUT2D eigenvalue weighted by molar-refractivity contribution is -0.165. The van der Waals surface area contributed by atoms with Gasteiger partial charge in [0, 0.05) is 19.8 Å². The van der Waals surface area contributed by atoms with E-state index >= 15 is 0 Å². The predicted molar refractivity (Wildman–Crippen MR) is 78.3 cm³/mol. The molecular weight excluding hydrogens is 256 g/mol. The number of amides is 2. The molecule has 0 aromatic heterocycles. The van der Waals surface area contributed by atoms with E-state index < -0.39 is 11.1 Å². The van der Waals surface area contributed by atoms with Crippen LogP contribution in [0, 0.1) is 0 Å². The van der Waals surface area contributed by atoms with Crippen LogP contribution in [0.5, 0.6) is 0 Å². The van der Waals surface area contributed by atoms with Crippen molar-refractivity contribution in [1.29, 1.82) is 0 Å². The summed E-state index contributed by atoms with van der Waals surface area (Å²) in [5.74, 6) is -0.0548. The number of piperazine rings is 1. The summed E-state index contributed by atoms with van der Waals surface area (Å²) in [7, 11) is 1.64. The number of methoxy groups -OCH3 is 1. The highest BCUT2D eigenvalue weighted by Crippen LogP contribution is 2.32. The summed E-state index contributed by atoms with van der Waals surface area (Å²) in [4.78, 5) is 27.1. The Balaban J connectivity index is 3.14. The molecule has 116 valence electrons. The highest BCUT2D eigenvalue weighted by Gasteiger charge is 2.54. The maximum Gasteiger partial charge on any atom is 0.249 e. The van der Waals surface area contributed by atoms with Crippen LogP contribution in [0.15, 0.2) is 0 Å². The number of carbonyl (C=O) groups is 2. The Morgan fingerprint density at radius 2 is 1.80 bits per heavy atom. The van der Waals surface area contributed by atoms with Crippen LogP contribution in [-0.4, -0.2) is 47.6 Å². The number of ether oxygens (including phenoxy) is 1. The summed E-state index contributed by atoms with van der Waals surface area (Å²) in [6.45, 7) is 10.1. The maximum atomic E-state index is 12.9. The molecule has 0 saturated carbocycles. The van der Waals surface area contributed by atoms with E-state index in [9.17, 15) is 9.59 Å². The van der Waals surface area contributed by atoms with Crippen molar-refractivity contribution in [1.82, 2.24) is 10.2 Å². The summed E-state index contributed by atoms with van der Waals surface area (Å²) in [5, 5.41) is 2.95. The van der Waals surface area contributed by atoms with E-state index in [4.69, 9.17) is 4.74 Å². The van der Waals surface area contributed by atoms with E-state index in [1.54, 1.807) is 25.9 Å². The maximum absolute atomic E-state index is 12.9. The Labute approximate surface area is 122 Å². The molecule has 1 fully saturated rings. The van der Waals surface area contributed by atoms with Gasteiger partial charge in [0.15, 0.2) is 0 Å². The molecule has 1 saturated heterocycles. The van der Waals surface area contributed by atoms with E-state index in [1.165, 1.54) is 0 Å².